The summed E-state index contributed by atoms with van der Waals surface area (Å²) in [6, 6.07) is 6.23. The number of nitrogens with two attached hydrogens (primary N) is 1. The molecule has 0 bridgehead atoms. The fourth-order valence-corrected chi connectivity index (χ4v) is 6.13. The van der Waals surface area contributed by atoms with Crippen molar-refractivity contribution in [3.63, 3.8) is 0 Å². The van der Waals surface area contributed by atoms with Crippen LogP contribution in [0.15, 0.2) is 52.5 Å². The van der Waals surface area contributed by atoms with Crippen molar-refractivity contribution in [2.24, 2.45) is 10.7 Å². The van der Waals surface area contributed by atoms with Crippen LogP contribution in [0.25, 0.3) is 17.0 Å². The Morgan fingerprint density at radius 1 is 1.14 bits per heavy atom. The second kappa shape index (κ2) is 12.3. The number of aliphatic hydroxyl groups is 1. The maximum Gasteiger partial charge on any atom is 0.416 e. The van der Waals surface area contributed by atoms with Crippen molar-refractivity contribution in [3.05, 3.63) is 69.8 Å². The summed E-state index contributed by atoms with van der Waals surface area (Å²) in [6.07, 6.45) is -6.26. The minimum atomic E-state index is -4.99. The number of primary amides is 1. The van der Waals surface area contributed by atoms with Gasteiger partial charge < -0.3 is 16.2 Å². The molecular weight excluding hydrogens is 614 g/mol. The lowest BCUT2D eigenvalue weighted by atomic mass is 10.0. The zero-order valence-electron chi connectivity index (χ0n) is 22.8. The first-order chi connectivity index (χ1) is 20.7. The van der Waals surface area contributed by atoms with E-state index in [1.54, 1.807) is 29.2 Å². The quantitative estimate of drug-likeness (QED) is 0.241. The molecule has 1 fully saturated rings. The van der Waals surface area contributed by atoms with Crippen molar-refractivity contribution in [1.82, 2.24) is 20.0 Å². The van der Waals surface area contributed by atoms with Crippen LogP contribution < -0.4 is 11.1 Å². The van der Waals surface area contributed by atoms with Crippen LogP contribution in [0.4, 0.5) is 26.3 Å². The Morgan fingerprint density at radius 2 is 1.91 bits per heavy atom. The topological polar surface area (TPSA) is 126 Å². The third kappa shape index (κ3) is 7.14. The lowest BCUT2D eigenvalue weighted by molar-refractivity contribution is -0.143. The maximum absolute atomic E-state index is 13.6. The molecule has 2 aromatic carbocycles. The van der Waals surface area contributed by atoms with Gasteiger partial charge in [-0.15, -0.1) is 0 Å². The summed E-state index contributed by atoms with van der Waals surface area (Å²) >= 11 is 1.19. The summed E-state index contributed by atoms with van der Waals surface area (Å²) in [5.41, 5.74) is 3.21. The second-order valence-corrected chi connectivity index (χ2v) is 11.6. The van der Waals surface area contributed by atoms with Gasteiger partial charge in [0, 0.05) is 30.6 Å². The average Bonchev–Trinajstić information content (AvgIpc) is 3.62. The predicted molar refractivity (Wildman–Crippen MR) is 151 cm³/mol. The van der Waals surface area contributed by atoms with Gasteiger partial charge in [0.15, 0.2) is 0 Å². The molecule has 0 saturated carbocycles. The summed E-state index contributed by atoms with van der Waals surface area (Å²) in [5, 5.41) is 18.1. The molecule has 4 N–H and O–H groups in total. The number of hydrogen-bond acceptors (Lipinski definition) is 7. The first kappa shape index (κ1) is 31.7. The van der Waals surface area contributed by atoms with Crippen molar-refractivity contribution >= 4 is 45.6 Å². The highest BCUT2D eigenvalue weighted by atomic mass is 32.2. The minimum Gasteiger partial charge on any atom is -0.395 e. The number of likely N-dealkylation sites (tertiary alicyclic amines) is 1. The number of nitrogens with one attached hydrogen (secondary N) is 1. The lowest BCUT2D eigenvalue weighted by Crippen LogP contribution is -2.40. The van der Waals surface area contributed by atoms with Crippen molar-refractivity contribution < 1.29 is 41.0 Å². The van der Waals surface area contributed by atoms with Gasteiger partial charge in [-0.3, -0.25) is 19.2 Å². The molecule has 44 heavy (non-hydrogen) atoms. The number of fused-ring (bicyclic) bond motifs is 1. The summed E-state index contributed by atoms with van der Waals surface area (Å²) in [4.78, 5) is 30.1. The Bertz CT molecular complexity index is 1650. The minimum absolute atomic E-state index is 0.0355. The smallest absolute Gasteiger partial charge is 0.395 e. The van der Waals surface area contributed by atoms with E-state index in [1.165, 1.54) is 22.6 Å². The number of carbonyl (C=O) groups excluding carboxylic acids is 2. The first-order valence-electron chi connectivity index (χ1n) is 13.3. The molecule has 0 spiro atoms. The summed E-state index contributed by atoms with van der Waals surface area (Å²) < 4.78 is 81.2. The Hall–Kier alpha value is -3.73. The zero-order valence-corrected chi connectivity index (χ0v) is 23.6. The van der Waals surface area contributed by atoms with Crippen LogP contribution in [0, 0.1) is 0 Å². The molecule has 5 rings (SSSR count). The van der Waals surface area contributed by atoms with Crippen LogP contribution >= 0.6 is 11.8 Å². The Morgan fingerprint density at radius 3 is 2.59 bits per heavy atom. The van der Waals surface area contributed by atoms with Crippen molar-refractivity contribution in [2.45, 2.75) is 37.4 Å². The highest BCUT2D eigenvalue weighted by Crippen LogP contribution is 2.38. The standard InChI is InChI=1S/C28H26F6N6O3S/c29-27(30,31)18-3-2-16(21(7-18)28(32,33)34)11-40-22-4-1-15(5-17(22)9-37-40)6-23-26(43)38-25(44-23)10-36-19-8-20(14-41)39(12-19)13-24(35)42/h1-7,9,19-20,36,41H,8,10-14H2,(H2,35,42). The van der Waals surface area contributed by atoms with Gasteiger partial charge in [0.05, 0.1) is 52.5 Å². The van der Waals surface area contributed by atoms with E-state index in [0.29, 0.717) is 52.0 Å². The third-order valence-corrected chi connectivity index (χ3v) is 8.31. The summed E-state index contributed by atoms with van der Waals surface area (Å²) in [5.74, 6) is -0.917. The fourth-order valence-electron chi connectivity index (χ4n) is 5.26. The molecule has 234 valence electrons. The normalized spacial score (nSPS) is 20.7. The number of nitrogens with zero attached hydrogens (tertiary/aromatic N) is 4. The second-order valence-electron chi connectivity index (χ2n) is 10.5. The highest BCUT2D eigenvalue weighted by Gasteiger charge is 2.38. The number of aromatic nitrogens is 2. The summed E-state index contributed by atoms with van der Waals surface area (Å²) in [7, 11) is 0. The Labute approximate surface area is 250 Å². The largest absolute Gasteiger partial charge is 0.416 e. The molecule has 9 nitrogen and oxygen atoms in total. The maximum atomic E-state index is 13.6. The van der Waals surface area contributed by atoms with Crippen molar-refractivity contribution in [1.29, 1.82) is 0 Å². The van der Waals surface area contributed by atoms with Gasteiger partial charge in [0.25, 0.3) is 5.91 Å². The van der Waals surface area contributed by atoms with E-state index in [1.807, 2.05) is 0 Å². The van der Waals surface area contributed by atoms with Crippen LogP contribution in [0.3, 0.4) is 0 Å². The van der Waals surface area contributed by atoms with Crippen LogP contribution in [0.1, 0.15) is 28.7 Å². The van der Waals surface area contributed by atoms with Crippen molar-refractivity contribution in [3.8, 4) is 0 Å². The number of benzene rings is 2. The van der Waals surface area contributed by atoms with Gasteiger partial charge in [0.2, 0.25) is 5.91 Å². The number of thioether (sulfide) groups is 1. The third-order valence-electron chi connectivity index (χ3n) is 7.33. The van der Waals surface area contributed by atoms with Crippen LogP contribution in [-0.2, 0) is 28.5 Å². The molecule has 3 aromatic rings. The van der Waals surface area contributed by atoms with E-state index in [9.17, 15) is 41.0 Å². The zero-order chi connectivity index (χ0) is 31.8. The molecule has 2 amide bonds. The van der Waals surface area contributed by atoms with E-state index < -0.39 is 41.8 Å². The average molecular weight is 641 g/mol. The van der Waals surface area contributed by atoms with Gasteiger partial charge in [0.1, 0.15) is 0 Å². The van der Waals surface area contributed by atoms with Gasteiger partial charge in [-0.05, 0) is 47.9 Å². The molecular formula is C28H26F6N6O3S. The van der Waals surface area contributed by atoms with E-state index in [-0.39, 0.29) is 36.9 Å². The molecule has 2 atom stereocenters. The predicted octanol–water partition coefficient (Wildman–Crippen LogP) is 3.65. The van der Waals surface area contributed by atoms with Gasteiger partial charge in [-0.25, -0.2) is 4.99 Å². The highest BCUT2D eigenvalue weighted by molar-refractivity contribution is 8.18. The monoisotopic (exact) mass is 640 g/mol. The lowest BCUT2D eigenvalue weighted by Gasteiger charge is -2.20. The number of aliphatic imine (C=N–C) groups is 1. The molecule has 0 aliphatic carbocycles. The van der Waals surface area contributed by atoms with Crippen LogP contribution in [0.2, 0.25) is 0 Å². The first-order valence-corrected chi connectivity index (χ1v) is 14.1. The fraction of sp³-hybridized carbons (Fsp3) is 0.357. The molecule has 2 aliphatic heterocycles. The molecule has 0 radical (unpaired) electrons. The van der Waals surface area contributed by atoms with Gasteiger partial charge >= 0.3 is 12.4 Å². The Balaban J connectivity index is 1.26. The SMILES string of the molecule is NC(=O)CN1CC(NCC2=NC(=O)C(=Cc3ccc4c(cnn4Cc4ccc(C(F)(F)F)cc4C(F)(F)F)c3)S2)CC1CO. The molecule has 1 saturated heterocycles. The number of carbonyl (C=O) groups is 2. The number of hydrogen-bond donors (Lipinski definition) is 3. The van der Waals surface area contributed by atoms with E-state index in [4.69, 9.17) is 5.73 Å². The number of aliphatic hydroxyl groups excluding tert-OH is 1. The Kier molecular flexibility index (Phi) is 8.89. The number of rotatable bonds is 9. The number of halogens is 6. The van der Waals surface area contributed by atoms with Crippen LogP contribution in [0.5, 0.6) is 0 Å². The van der Waals surface area contributed by atoms with Gasteiger partial charge in [-0.2, -0.15) is 31.4 Å². The van der Waals surface area contributed by atoms with Crippen molar-refractivity contribution in [2.75, 3.05) is 26.2 Å². The van der Waals surface area contributed by atoms with Crippen LogP contribution in [-0.4, -0.2) is 75.0 Å². The molecule has 16 heteroatoms. The molecule has 2 aliphatic rings. The van der Waals surface area contributed by atoms with E-state index in [2.05, 4.69) is 15.4 Å². The van der Waals surface area contributed by atoms with E-state index >= 15 is 0 Å². The number of amides is 2. The van der Waals surface area contributed by atoms with Gasteiger partial charge in [-0.1, -0.05) is 23.9 Å². The molecule has 2 unspecified atom stereocenters. The summed E-state index contributed by atoms with van der Waals surface area (Å²) in [6.45, 7) is 0.329. The number of alkyl halides is 6. The molecule has 1 aromatic heterocycles. The van der Waals surface area contributed by atoms with E-state index in [0.717, 1.165) is 6.07 Å². The molecule has 3 heterocycles.